The molecule has 0 saturated heterocycles. The Bertz CT molecular complexity index is 1190. The van der Waals surface area contributed by atoms with Gasteiger partial charge in [-0.3, -0.25) is 9.59 Å². The quantitative estimate of drug-likeness (QED) is 0.399. The second-order valence-corrected chi connectivity index (χ2v) is 7.23. The number of benzene rings is 2. The van der Waals surface area contributed by atoms with Crippen molar-refractivity contribution in [3.05, 3.63) is 87.3 Å². The van der Waals surface area contributed by atoms with Crippen LogP contribution in [0.25, 0.3) is 0 Å². The molecule has 0 bridgehead atoms. The van der Waals surface area contributed by atoms with Crippen LogP contribution in [0.4, 0.5) is 0 Å². The van der Waals surface area contributed by atoms with Gasteiger partial charge in [0.15, 0.2) is 11.5 Å². The van der Waals surface area contributed by atoms with Gasteiger partial charge in [-0.15, -0.1) is 0 Å². The average Bonchev–Trinajstić information content (AvgIpc) is 2.81. The van der Waals surface area contributed by atoms with Gasteiger partial charge in [0.25, 0.3) is 11.5 Å². The highest BCUT2D eigenvalue weighted by Gasteiger charge is 2.14. The topological polar surface area (TPSA) is 91.1 Å². The molecular formula is C25H27N3O5. The largest absolute Gasteiger partial charge is 0.493 e. The van der Waals surface area contributed by atoms with Gasteiger partial charge >= 0.3 is 0 Å². The zero-order chi connectivity index (χ0) is 23.8. The maximum absolute atomic E-state index is 12.8. The Morgan fingerprint density at radius 1 is 1.09 bits per heavy atom. The van der Waals surface area contributed by atoms with E-state index in [0.29, 0.717) is 36.0 Å². The molecule has 2 aromatic carbocycles. The van der Waals surface area contributed by atoms with Crippen molar-refractivity contribution in [3.63, 3.8) is 0 Å². The van der Waals surface area contributed by atoms with Gasteiger partial charge in [-0.25, -0.2) is 5.43 Å². The first kappa shape index (κ1) is 23.6. The van der Waals surface area contributed by atoms with Gasteiger partial charge < -0.3 is 18.8 Å². The van der Waals surface area contributed by atoms with E-state index in [0.717, 1.165) is 11.1 Å². The first-order valence-electron chi connectivity index (χ1n) is 10.4. The Kier molecular flexibility index (Phi) is 7.86. The number of aryl methyl sites for hydroxylation is 1. The van der Waals surface area contributed by atoms with Crippen molar-refractivity contribution in [1.29, 1.82) is 0 Å². The molecule has 3 rings (SSSR count). The van der Waals surface area contributed by atoms with Crippen LogP contribution in [0.15, 0.2) is 64.6 Å². The third kappa shape index (κ3) is 5.79. The van der Waals surface area contributed by atoms with E-state index in [1.54, 1.807) is 24.4 Å². The second kappa shape index (κ2) is 11.0. The molecule has 1 N–H and O–H groups in total. The van der Waals surface area contributed by atoms with E-state index >= 15 is 0 Å². The molecule has 0 radical (unpaired) electrons. The fourth-order valence-corrected chi connectivity index (χ4v) is 3.33. The van der Waals surface area contributed by atoms with E-state index in [1.165, 1.54) is 31.1 Å². The van der Waals surface area contributed by atoms with E-state index in [1.807, 2.05) is 38.1 Å². The molecule has 0 unspecified atom stereocenters. The number of aromatic nitrogens is 1. The van der Waals surface area contributed by atoms with Crippen molar-refractivity contribution < 1.29 is 19.0 Å². The number of methoxy groups -OCH3 is 2. The third-order valence-corrected chi connectivity index (χ3v) is 4.85. The van der Waals surface area contributed by atoms with E-state index in [9.17, 15) is 9.59 Å². The van der Waals surface area contributed by atoms with Crippen molar-refractivity contribution in [2.24, 2.45) is 5.10 Å². The van der Waals surface area contributed by atoms with Crippen molar-refractivity contribution in [1.82, 2.24) is 9.99 Å². The summed E-state index contributed by atoms with van der Waals surface area (Å²) < 4.78 is 17.8. The zero-order valence-electron chi connectivity index (χ0n) is 19.1. The summed E-state index contributed by atoms with van der Waals surface area (Å²) in [6, 6.07) is 14.4. The Balaban J connectivity index is 1.76. The lowest BCUT2D eigenvalue weighted by molar-refractivity contribution is 0.0953. The van der Waals surface area contributed by atoms with Crippen LogP contribution < -0.4 is 25.2 Å². The molecule has 0 spiro atoms. The summed E-state index contributed by atoms with van der Waals surface area (Å²) in [7, 11) is 3.05. The zero-order valence-corrected chi connectivity index (χ0v) is 19.1. The lowest BCUT2D eigenvalue weighted by Crippen LogP contribution is -2.30. The molecule has 0 saturated carbocycles. The van der Waals surface area contributed by atoms with Crippen LogP contribution in [-0.4, -0.2) is 37.5 Å². The minimum absolute atomic E-state index is 0.00385. The number of carbonyl (C=O) groups is 1. The van der Waals surface area contributed by atoms with Gasteiger partial charge in [0.05, 0.1) is 33.6 Å². The summed E-state index contributed by atoms with van der Waals surface area (Å²) in [4.78, 5) is 25.4. The minimum Gasteiger partial charge on any atom is -0.493 e. The molecule has 0 fully saturated rings. The van der Waals surface area contributed by atoms with E-state index in [-0.39, 0.29) is 5.56 Å². The lowest BCUT2D eigenvalue weighted by Gasteiger charge is -2.14. The molecule has 1 aromatic heterocycles. The monoisotopic (exact) mass is 449 g/mol. The summed E-state index contributed by atoms with van der Waals surface area (Å²) in [5.74, 6) is 0.846. The summed E-state index contributed by atoms with van der Waals surface area (Å²) in [6.07, 6.45) is 3.09. The second-order valence-electron chi connectivity index (χ2n) is 7.23. The number of hydrogen-bond acceptors (Lipinski definition) is 6. The minimum atomic E-state index is -0.597. The molecule has 3 aromatic rings. The molecule has 0 aliphatic carbocycles. The molecule has 8 nitrogen and oxygen atoms in total. The highest BCUT2D eigenvalue weighted by atomic mass is 16.5. The molecule has 8 heteroatoms. The highest BCUT2D eigenvalue weighted by Crippen LogP contribution is 2.38. The van der Waals surface area contributed by atoms with Crippen LogP contribution in [-0.2, 0) is 6.54 Å². The number of ether oxygens (including phenoxy) is 3. The Hall–Kier alpha value is -4.07. The number of amides is 1. The summed E-state index contributed by atoms with van der Waals surface area (Å²) >= 11 is 0. The first-order chi connectivity index (χ1) is 16.0. The molecule has 0 aliphatic heterocycles. The fraction of sp³-hybridized carbons (Fsp3) is 0.240. The van der Waals surface area contributed by atoms with E-state index in [2.05, 4.69) is 10.5 Å². The molecular weight excluding hydrogens is 422 g/mol. The third-order valence-electron chi connectivity index (χ3n) is 4.85. The van der Waals surface area contributed by atoms with Crippen molar-refractivity contribution in [2.75, 3.05) is 20.8 Å². The Labute approximate surface area is 192 Å². The van der Waals surface area contributed by atoms with Crippen molar-refractivity contribution in [2.45, 2.75) is 20.4 Å². The molecule has 1 amide bonds. The Morgan fingerprint density at radius 2 is 1.82 bits per heavy atom. The molecule has 172 valence electrons. The van der Waals surface area contributed by atoms with Gasteiger partial charge in [-0.1, -0.05) is 29.8 Å². The van der Waals surface area contributed by atoms with Crippen LogP contribution in [0.3, 0.4) is 0 Å². The van der Waals surface area contributed by atoms with Crippen molar-refractivity contribution in [3.8, 4) is 17.2 Å². The SMILES string of the molecule is CCOc1c(OC)cc(/C=N\NC(=O)c2cccn(Cc3cccc(C)c3)c2=O)cc1OC. The summed E-state index contributed by atoms with van der Waals surface area (Å²) in [5, 5.41) is 3.99. The number of pyridine rings is 1. The summed E-state index contributed by atoms with van der Waals surface area (Å²) in [5.41, 5.74) is 4.72. The predicted octanol–water partition coefficient (Wildman–Crippen LogP) is 3.38. The van der Waals surface area contributed by atoms with Crippen LogP contribution in [0, 0.1) is 6.92 Å². The maximum Gasteiger partial charge on any atom is 0.276 e. The Morgan fingerprint density at radius 3 is 2.45 bits per heavy atom. The normalized spacial score (nSPS) is 10.8. The average molecular weight is 450 g/mol. The molecule has 33 heavy (non-hydrogen) atoms. The van der Waals surface area contributed by atoms with Crippen LogP contribution in [0.2, 0.25) is 0 Å². The van der Waals surface area contributed by atoms with Gasteiger partial charge in [0.2, 0.25) is 5.75 Å². The van der Waals surface area contributed by atoms with Gasteiger partial charge in [0.1, 0.15) is 5.56 Å². The highest BCUT2D eigenvalue weighted by molar-refractivity contribution is 5.94. The molecule has 0 atom stereocenters. The predicted molar refractivity (Wildman–Crippen MR) is 127 cm³/mol. The van der Waals surface area contributed by atoms with Crippen molar-refractivity contribution >= 4 is 12.1 Å². The number of hydrazone groups is 1. The smallest absolute Gasteiger partial charge is 0.276 e. The van der Waals surface area contributed by atoms with Crippen LogP contribution in [0.5, 0.6) is 17.2 Å². The number of carbonyl (C=O) groups excluding carboxylic acids is 1. The number of rotatable bonds is 9. The van der Waals surface area contributed by atoms with Gasteiger partial charge in [-0.05, 0) is 43.7 Å². The number of nitrogens with zero attached hydrogens (tertiary/aromatic N) is 2. The van der Waals surface area contributed by atoms with Crippen LogP contribution in [0.1, 0.15) is 34.0 Å². The fourth-order valence-electron chi connectivity index (χ4n) is 3.33. The van der Waals surface area contributed by atoms with Gasteiger partial charge in [0, 0.05) is 11.8 Å². The molecule has 1 heterocycles. The lowest BCUT2D eigenvalue weighted by atomic mass is 10.1. The number of nitrogens with one attached hydrogen (secondary N) is 1. The summed E-state index contributed by atoms with van der Waals surface area (Å²) in [6.45, 7) is 4.68. The number of hydrogen-bond donors (Lipinski definition) is 1. The van der Waals surface area contributed by atoms with E-state index in [4.69, 9.17) is 14.2 Å². The standard InChI is InChI=1S/C25H27N3O5/c1-5-33-23-21(31-3)13-19(14-22(23)32-4)15-26-27-24(29)20-10-7-11-28(25(20)30)16-18-9-6-8-17(2)12-18/h6-15H,5,16H2,1-4H3,(H,27,29)/b26-15-. The van der Waals surface area contributed by atoms with Gasteiger partial charge in [-0.2, -0.15) is 5.10 Å². The molecule has 0 aliphatic rings. The van der Waals surface area contributed by atoms with Crippen LogP contribution >= 0.6 is 0 Å². The maximum atomic E-state index is 12.8. The van der Waals surface area contributed by atoms with E-state index < -0.39 is 11.5 Å². The first-order valence-corrected chi connectivity index (χ1v) is 10.4.